The molecule has 3 saturated heterocycles. The van der Waals surface area contributed by atoms with Gasteiger partial charge in [0.05, 0.1) is 79.1 Å². The Morgan fingerprint density at radius 1 is 0.667 bits per heavy atom. The zero-order chi connectivity index (χ0) is 50.3. The maximum Gasteiger partial charge on any atom is 0.237 e. The number of nitrogens with one attached hydrogen (secondary N) is 2. The summed E-state index contributed by atoms with van der Waals surface area (Å²) < 4.78 is 39.4. The third-order valence-corrected chi connectivity index (χ3v) is 14.3. The molecule has 18 atom stereocenters. The van der Waals surface area contributed by atoms with Crippen LogP contribution in [0.25, 0.3) is 0 Å². The lowest BCUT2D eigenvalue weighted by molar-refractivity contribution is -0.292. The molecule has 3 aliphatic rings. The number of nitrogens with two attached hydrogens (primary N) is 3. The van der Waals surface area contributed by atoms with Crippen LogP contribution in [0.3, 0.4) is 0 Å². The number of hydrogen-bond acceptors (Lipinski definition) is 17. The summed E-state index contributed by atoms with van der Waals surface area (Å²) in [6.45, 7) is 22.5. The van der Waals surface area contributed by atoms with Crippen molar-refractivity contribution in [3.63, 3.8) is 0 Å². The van der Waals surface area contributed by atoms with E-state index in [4.69, 9.17) is 45.6 Å². The van der Waals surface area contributed by atoms with Crippen molar-refractivity contribution in [2.24, 2.45) is 34.5 Å². The predicted molar refractivity (Wildman–Crippen MR) is 248 cm³/mol. The quantitative estimate of drug-likeness (QED) is 0.0606. The van der Waals surface area contributed by atoms with Gasteiger partial charge in [0.15, 0.2) is 0 Å². The topological polar surface area (TPSA) is 313 Å². The molecule has 17 unspecified atom stereocenters. The Morgan fingerprint density at radius 3 is 1.56 bits per heavy atom. The Balaban J connectivity index is 2.06. The summed E-state index contributed by atoms with van der Waals surface area (Å²) in [5.41, 5.74) is 15.2. The van der Waals surface area contributed by atoms with Crippen LogP contribution in [0.15, 0.2) is 0 Å². The summed E-state index contributed by atoms with van der Waals surface area (Å²) >= 11 is 0. The number of carbonyl (C=O) groups is 2. The third-order valence-electron chi connectivity index (χ3n) is 14.3. The normalized spacial score (nSPS) is 35.2. The first-order chi connectivity index (χ1) is 30.6. The molecule has 0 aromatic rings. The molecule has 19 heteroatoms. The Kier molecular flexibility index (Phi) is 21.7. The van der Waals surface area contributed by atoms with Crippen LogP contribution in [0.2, 0.25) is 0 Å². The van der Waals surface area contributed by atoms with Crippen LogP contribution in [-0.2, 0) is 38.0 Å². The summed E-state index contributed by atoms with van der Waals surface area (Å²) in [6.07, 6.45) is -10.0. The zero-order valence-electron chi connectivity index (χ0n) is 42.1. The van der Waals surface area contributed by atoms with Gasteiger partial charge in [-0.2, -0.15) is 0 Å². The molecular weight excluding hydrogens is 859 g/mol. The van der Waals surface area contributed by atoms with Crippen molar-refractivity contribution in [3.8, 4) is 0 Å². The van der Waals surface area contributed by atoms with E-state index in [2.05, 4.69) is 10.6 Å². The number of aliphatic hydroxyl groups excluding tert-OH is 6. The fraction of sp³-hybridized carbons (Fsp3) is 0.957. The smallest absolute Gasteiger partial charge is 0.237 e. The van der Waals surface area contributed by atoms with E-state index in [0.717, 1.165) is 0 Å². The summed E-state index contributed by atoms with van der Waals surface area (Å²) in [5, 5.41) is 74.0. The van der Waals surface area contributed by atoms with Crippen LogP contribution in [0.4, 0.5) is 0 Å². The molecule has 388 valence electrons. The molecule has 3 aliphatic heterocycles. The molecule has 0 spiro atoms. The molecule has 0 radical (unpaired) electrons. The molecule has 66 heavy (non-hydrogen) atoms. The molecule has 3 rings (SSSR count). The van der Waals surface area contributed by atoms with E-state index in [-0.39, 0.29) is 5.91 Å². The second-order valence-electron chi connectivity index (χ2n) is 21.6. The van der Waals surface area contributed by atoms with Crippen LogP contribution in [-0.4, -0.2) is 183 Å². The molecule has 3 fully saturated rings. The number of unbranched alkanes of at least 4 members (excludes halogenated alkanes) is 1. The minimum Gasteiger partial charge on any atom is -0.394 e. The van der Waals surface area contributed by atoms with E-state index in [1.807, 2.05) is 55.4 Å². The van der Waals surface area contributed by atoms with Crippen LogP contribution in [0.5, 0.6) is 0 Å². The molecule has 0 aromatic carbocycles. The van der Waals surface area contributed by atoms with E-state index in [1.54, 1.807) is 27.7 Å². The summed E-state index contributed by atoms with van der Waals surface area (Å²) in [7, 11) is 0. The molecule has 2 amide bonds. The first kappa shape index (κ1) is 58.7. The van der Waals surface area contributed by atoms with Crippen LogP contribution < -0.4 is 27.8 Å². The van der Waals surface area contributed by atoms with Gasteiger partial charge in [-0.3, -0.25) is 9.59 Å². The van der Waals surface area contributed by atoms with Gasteiger partial charge in [-0.05, 0) is 92.5 Å². The summed E-state index contributed by atoms with van der Waals surface area (Å²) in [4.78, 5) is 26.4. The van der Waals surface area contributed by atoms with Crippen molar-refractivity contribution in [1.82, 2.24) is 10.6 Å². The molecule has 0 saturated carbocycles. The van der Waals surface area contributed by atoms with Gasteiger partial charge in [-0.15, -0.1) is 0 Å². The lowest BCUT2D eigenvalue weighted by atomic mass is 9.74. The number of hydrogen-bond donors (Lipinski definition) is 11. The Morgan fingerprint density at radius 2 is 1.12 bits per heavy atom. The van der Waals surface area contributed by atoms with E-state index < -0.39 is 157 Å². The van der Waals surface area contributed by atoms with Gasteiger partial charge >= 0.3 is 0 Å². The standard InChI is InChI=1S/C47H91N5O14/c1-14-25(37-31(50)34(57)39(28(21-53)61-37)64-44(5,6)7)46(10,11)65-40-29(22-54)62-38(32(35(40)58)52-43(60)27(49)19-17-18-20-48)26(15-2)47(12,13)66-41-30(23-55)63-42(45(8,9)16-3)33(36(41)59)51-24(4)56/h25-42,53-55,57-59H,14-23,48-50H2,1-13H3,(H,51,56)(H,52,60)/t25?,26?,27-,28?,29?,30?,31?,32?,33?,34?,35?,36?,37?,38?,39?,40?,41?,42?/m0/s1. The maximum absolute atomic E-state index is 14.0. The molecule has 0 bridgehead atoms. The van der Waals surface area contributed by atoms with Gasteiger partial charge in [0.1, 0.15) is 54.9 Å². The van der Waals surface area contributed by atoms with Crippen molar-refractivity contribution < 1.29 is 68.6 Å². The third kappa shape index (κ3) is 14.0. The second kappa shape index (κ2) is 24.4. The average Bonchev–Trinajstić information content (AvgIpc) is 3.23. The number of rotatable bonds is 23. The highest BCUT2D eigenvalue weighted by molar-refractivity contribution is 5.81. The maximum atomic E-state index is 14.0. The van der Waals surface area contributed by atoms with Crippen LogP contribution >= 0.6 is 0 Å². The highest BCUT2D eigenvalue weighted by atomic mass is 16.6. The number of amides is 2. The highest BCUT2D eigenvalue weighted by Gasteiger charge is 2.58. The molecule has 19 nitrogen and oxygen atoms in total. The first-order valence-corrected chi connectivity index (χ1v) is 24.3. The fourth-order valence-corrected chi connectivity index (χ4v) is 10.4. The largest absolute Gasteiger partial charge is 0.394 e. The second-order valence-corrected chi connectivity index (χ2v) is 21.6. The lowest BCUT2D eigenvalue weighted by Gasteiger charge is -2.55. The number of carbonyl (C=O) groups excluding carboxylic acids is 2. The minimum atomic E-state index is -1.51. The number of aliphatic hydroxyl groups is 6. The Labute approximate surface area is 393 Å². The van der Waals surface area contributed by atoms with E-state index in [1.165, 1.54) is 6.92 Å². The SMILES string of the molecule is CCC(C1OC(CO)C(OC(C)(C)C)C(O)C1N)C(C)(C)OC1C(CO)OC(C(CC)C(C)(C)OC2C(CO)OC(C(C)(C)CC)C(NC(C)=O)C2O)C(NC(=O)[C@@H](N)CCCCN)C1O. The van der Waals surface area contributed by atoms with Crippen molar-refractivity contribution in [3.05, 3.63) is 0 Å². The first-order valence-electron chi connectivity index (χ1n) is 24.3. The minimum absolute atomic E-state index is 0.324. The van der Waals surface area contributed by atoms with Crippen molar-refractivity contribution in [2.45, 2.75) is 243 Å². The van der Waals surface area contributed by atoms with Crippen molar-refractivity contribution >= 4 is 11.8 Å². The predicted octanol–water partition coefficient (Wildman–Crippen LogP) is 0.121. The van der Waals surface area contributed by atoms with Gasteiger partial charge in [-0.25, -0.2) is 0 Å². The van der Waals surface area contributed by atoms with Gasteiger partial charge in [0.25, 0.3) is 0 Å². The van der Waals surface area contributed by atoms with E-state index in [9.17, 15) is 40.2 Å². The average molecular weight is 950 g/mol. The molecule has 0 aromatic heterocycles. The van der Waals surface area contributed by atoms with Crippen LogP contribution in [0.1, 0.15) is 129 Å². The van der Waals surface area contributed by atoms with E-state index >= 15 is 0 Å². The lowest BCUT2D eigenvalue weighted by Crippen LogP contribution is -2.71. The Bertz CT molecular complexity index is 1500. The van der Waals surface area contributed by atoms with E-state index in [0.29, 0.717) is 45.1 Å². The highest BCUT2D eigenvalue weighted by Crippen LogP contribution is 2.44. The van der Waals surface area contributed by atoms with Crippen molar-refractivity contribution in [1.29, 1.82) is 0 Å². The molecule has 14 N–H and O–H groups in total. The fourth-order valence-electron chi connectivity index (χ4n) is 10.4. The summed E-state index contributed by atoms with van der Waals surface area (Å²) in [5.74, 6) is -2.16. The molecule has 0 aliphatic carbocycles. The molecular formula is C47H91N5O14. The van der Waals surface area contributed by atoms with Gasteiger partial charge in [-0.1, -0.05) is 41.0 Å². The zero-order valence-corrected chi connectivity index (χ0v) is 42.1. The van der Waals surface area contributed by atoms with Gasteiger partial charge < -0.3 is 86.9 Å². The molecule has 3 heterocycles. The van der Waals surface area contributed by atoms with Gasteiger partial charge in [0, 0.05) is 18.8 Å². The summed E-state index contributed by atoms with van der Waals surface area (Å²) in [6, 6.07) is -4.01. The van der Waals surface area contributed by atoms with Crippen LogP contribution in [0, 0.1) is 17.3 Å². The monoisotopic (exact) mass is 950 g/mol. The van der Waals surface area contributed by atoms with Crippen molar-refractivity contribution in [2.75, 3.05) is 26.4 Å². The number of ether oxygens (including phenoxy) is 6. The van der Waals surface area contributed by atoms with Gasteiger partial charge in [0.2, 0.25) is 11.8 Å². The Hall–Kier alpha value is -1.66.